The molecule has 0 atom stereocenters. The second-order valence-electron chi connectivity index (χ2n) is 1.41. The Morgan fingerprint density at radius 2 is 1.73 bits per heavy atom. The quantitative estimate of drug-likeness (QED) is 0.341. The van der Waals surface area contributed by atoms with Gasteiger partial charge >= 0.3 is 0 Å². The van der Waals surface area contributed by atoms with Gasteiger partial charge < -0.3 is 5.11 Å². The van der Waals surface area contributed by atoms with E-state index in [1.54, 1.807) is 0 Å². The molecule has 0 aliphatic rings. The van der Waals surface area contributed by atoms with Crippen LogP contribution in [0.1, 0.15) is 0 Å². The first-order valence-electron chi connectivity index (χ1n) is 2.50. The fourth-order valence-electron chi connectivity index (χ4n) is 0.218. The fourth-order valence-corrected chi connectivity index (χ4v) is 0.298. The van der Waals surface area contributed by atoms with Gasteiger partial charge in [-0.15, -0.1) is 0 Å². The van der Waals surface area contributed by atoms with E-state index in [1.807, 2.05) is 10.9 Å². The summed E-state index contributed by atoms with van der Waals surface area (Å²) < 4.78 is 0. The molecule has 1 radical (unpaired) electrons. The first kappa shape index (κ1) is 13.9. The Kier molecular flexibility index (Phi) is 10.7. The molecule has 5 nitrogen and oxygen atoms in total. The normalized spacial score (nSPS) is 7.82. The molecule has 61 valence electrons. The third-order valence-electron chi connectivity index (χ3n) is 0.629. The molecule has 0 aliphatic carbocycles. The van der Waals surface area contributed by atoms with Crippen molar-refractivity contribution in [1.29, 1.82) is 0 Å². The molecule has 0 spiro atoms. The molecule has 0 bridgehead atoms. The monoisotopic (exact) mass is 253 g/mol. The minimum Gasteiger partial charge on any atom is -0.386 e. The molecule has 3 N–H and O–H groups in total. The Morgan fingerprint density at radius 3 is 2.09 bits per heavy atom. The minimum absolute atomic E-state index is 0. The first-order chi connectivity index (χ1) is 4.70. The Balaban J connectivity index is 0. The third kappa shape index (κ3) is 8.26. The van der Waals surface area contributed by atoms with Crippen LogP contribution in [0.15, 0.2) is 0 Å². The number of hydrogen-bond acceptors (Lipinski definition) is 4. The average Bonchev–Trinajstić information content (AvgIpc) is 1.99. The molecule has 0 saturated carbocycles. The predicted octanol–water partition coefficient (Wildman–Crippen LogP) is -1.95. The Morgan fingerprint density at radius 1 is 1.27 bits per heavy atom. The molecule has 0 aromatic rings. The number of aliphatic hydroxyl groups is 1. The van der Waals surface area contributed by atoms with E-state index in [4.69, 9.17) is 5.11 Å². The average molecular weight is 253 g/mol. The van der Waals surface area contributed by atoms with Crippen LogP contribution in [-0.4, -0.2) is 29.3 Å². The van der Waals surface area contributed by atoms with Crippen molar-refractivity contribution in [3.8, 4) is 0 Å². The van der Waals surface area contributed by atoms with Crippen LogP contribution in [0.4, 0.5) is 0 Å². The molecule has 0 fully saturated rings. The Hall–Kier alpha value is 0.354. The van der Waals surface area contributed by atoms with Crippen molar-refractivity contribution in [1.82, 2.24) is 10.9 Å². The summed E-state index contributed by atoms with van der Waals surface area (Å²) in [7, 11) is 0. The van der Waals surface area contributed by atoms with E-state index in [0.717, 1.165) is 0 Å². The van der Waals surface area contributed by atoms with Gasteiger partial charge in [0.1, 0.15) is 6.61 Å². The van der Waals surface area contributed by atoms with Crippen LogP contribution in [0, 0.1) is 0 Å². The smallest absolute Gasteiger partial charge is 0.264 e. The van der Waals surface area contributed by atoms with E-state index < -0.39 is 18.4 Å². The van der Waals surface area contributed by atoms with Crippen molar-refractivity contribution in [2.45, 2.75) is 0 Å². The molecule has 0 aromatic carbocycles. The van der Waals surface area contributed by atoms with Gasteiger partial charge in [0.05, 0.1) is 5.75 Å². The third-order valence-corrected chi connectivity index (χ3v) is 0.916. The fraction of sp³-hybridized carbons (Fsp3) is 0.500. The van der Waals surface area contributed by atoms with E-state index in [-0.39, 0.29) is 38.5 Å². The van der Waals surface area contributed by atoms with E-state index in [0.29, 0.717) is 0 Å². The molecule has 11 heavy (non-hydrogen) atoms. The maximum atomic E-state index is 10.3. The molecular weight excluding hydrogens is 245 g/mol. The summed E-state index contributed by atoms with van der Waals surface area (Å²) in [6.07, 6.45) is 0. The molecule has 0 rings (SSSR count). The zero-order chi connectivity index (χ0) is 7.98. The zero-order valence-corrected chi connectivity index (χ0v) is 9.44. The summed E-state index contributed by atoms with van der Waals surface area (Å²) in [4.78, 5) is 20.6. The summed E-state index contributed by atoms with van der Waals surface area (Å²) in [5, 5.41) is 8.14. The molecule has 0 saturated heterocycles. The molecule has 0 heterocycles. The summed E-state index contributed by atoms with van der Waals surface area (Å²) in [6.45, 7) is -0.646. The maximum absolute atomic E-state index is 10.3. The van der Waals surface area contributed by atoms with Crippen molar-refractivity contribution in [2.75, 3.05) is 12.4 Å². The summed E-state index contributed by atoms with van der Waals surface area (Å²) in [5.41, 5.74) is 3.95. The second-order valence-corrected chi connectivity index (χ2v) is 1.73. The van der Waals surface area contributed by atoms with E-state index in [1.165, 1.54) is 0 Å². The first-order valence-corrected chi connectivity index (χ1v) is 3.13. The van der Waals surface area contributed by atoms with Crippen LogP contribution in [0.5, 0.6) is 0 Å². The van der Waals surface area contributed by atoms with Crippen molar-refractivity contribution >= 4 is 24.4 Å². The SMILES string of the molecule is O=C(CO)NNC(=O)CS.[Y]. The van der Waals surface area contributed by atoms with Crippen molar-refractivity contribution in [3.05, 3.63) is 0 Å². The predicted molar refractivity (Wildman–Crippen MR) is 37.2 cm³/mol. The number of amides is 2. The molecular formula is C4H8N2O3SY. The van der Waals surface area contributed by atoms with Gasteiger partial charge in [-0.1, -0.05) is 0 Å². The van der Waals surface area contributed by atoms with Crippen molar-refractivity contribution < 1.29 is 47.4 Å². The van der Waals surface area contributed by atoms with E-state index in [2.05, 4.69) is 12.6 Å². The van der Waals surface area contributed by atoms with Crippen molar-refractivity contribution in [2.24, 2.45) is 0 Å². The summed E-state index contributed by atoms with van der Waals surface area (Å²) in [5.74, 6) is -1.09. The van der Waals surface area contributed by atoms with Crippen molar-refractivity contribution in [3.63, 3.8) is 0 Å². The van der Waals surface area contributed by atoms with Crippen LogP contribution in [0.25, 0.3) is 0 Å². The zero-order valence-electron chi connectivity index (χ0n) is 5.70. The van der Waals surface area contributed by atoms with Gasteiger partial charge in [-0.05, 0) is 0 Å². The number of aliphatic hydroxyl groups excluding tert-OH is 1. The molecule has 7 heteroatoms. The van der Waals surface area contributed by atoms with Gasteiger partial charge in [0.15, 0.2) is 0 Å². The number of hydrogen-bond donors (Lipinski definition) is 4. The van der Waals surface area contributed by atoms with Crippen LogP contribution in [0.3, 0.4) is 0 Å². The molecule has 0 aliphatic heterocycles. The number of thiol groups is 1. The number of carbonyl (C=O) groups is 2. The van der Waals surface area contributed by atoms with Crippen LogP contribution in [0.2, 0.25) is 0 Å². The van der Waals surface area contributed by atoms with E-state index in [9.17, 15) is 9.59 Å². The van der Waals surface area contributed by atoms with Gasteiger partial charge in [0.25, 0.3) is 5.91 Å². The van der Waals surface area contributed by atoms with Gasteiger partial charge in [0.2, 0.25) is 5.91 Å². The van der Waals surface area contributed by atoms with Gasteiger partial charge in [-0.25, -0.2) is 0 Å². The standard InChI is InChI=1S/C4H8N2O3S.Y/c7-1-3(8)5-6-4(9)2-10;/h7,10H,1-2H2,(H,5,8)(H,6,9);. The van der Waals surface area contributed by atoms with Gasteiger partial charge in [-0.3, -0.25) is 20.4 Å². The summed E-state index contributed by atoms with van der Waals surface area (Å²) in [6, 6.07) is 0. The number of nitrogens with one attached hydrogen (secondary N) is 2. The van der Waals surface area contributed by atoms with Crippen LogP contribution in [-0.2, 0) is 42.3 Å². The van der Waals surface area contributed by atoms with E-state index >= 15 is 0 Å². The topological polar surface area (TPSA) is 78.4 Å². The second kappa shape index (κ2) is 8.45. The van der Waals surface area contributed by atoms with Crippen LogP contribution >= 0.6 is 12.6 Å². The van der Waals surface area contributed by atoms with Gasteiger partial charge in [0, 0.05) is 32.7 Å². The van der Waals surface area contributed by atoms with Crippen LogP contribution < -0.4 is 10.9 Å². The minimum atomic E-state index is -0.657. The van der Waals surface area contributed by atoms with Gasteiger partial charge in [-0.2, -0.15) is 12.6 Å². The maximum Gasteiger partial charge on any atom is 0.264 e. The number of carbonyl (C=O) groups excluding carboxylic acids is 2. The summed E-state index contributed by atoms with van der Waals surface area (Å²) >= 11 is 3.62. The Labute approximate surface area is 94.6 Å². The number of hydrazine groups is 1. The molecule has 0 unspecified atom stereocenters. The Bertz CT molecular complexity index is 127. The largest absolute Gasteiger partial charge is 0.386 e. The molecule has 0 aromatic heterocycles. The molecule has 2 amide bonds. The number of rotatable bonds is 2.